The van der Waals surface area contributed by atoms with Crippen LogP contribution in [0.4, 0.5) is 0 Å². The first-order valence-electron chi connectivity index (χ1n) is 7.06. The van der Waals surface area contributed by atoms with Crippen LogP contribution in [0.2, 0.25) is 0 Å². The van der Waals surface area contributed by atoms with Crippen LogP contribution in [-0.4, -0.2) is 28.1 Å². The predicted octanol–water partition coefficient (Wildman–Crippen LogP) is 4.12. The van der Waals surface area contributed by atoms with Crippen LogP contribution in [-0.2, 0) is 16.8 Å². The van der Waals surface area contributed by atoms with E-state index < -0.39 is 5.97 Å². The first-order valence-corrected chi connectivity index (χ1v) is 7.88. The van der Waals surface area contributed by atoms with E-state index in [1.165, 1.54) is 9.75 Å². The highest BCUT2D eigenvalue weighted by Gasteiger charge is 2.23. The standard InChI is InChI=1S/C16H27NO2S/c1-15(2,3)13-8-7-12(20-13)11-17(16(4,5)6)10-9-14(18)19/h7-8H,9-11H2,1-6H3,(H,18,19). The average molecular weight is 297 g/mol. The Bertz CT molecular complexity index is 452. The molecule has 4 heteroatoms. The summed E-state index contributed by atoms with van der Waals surface area (Å²) in [5, 5.41) is 8.88. The lowest BCUT2D eigenvalue weighted by Crippen LogP contribution is -2.41. The maximum atomic E-state index is 10.8. The largest absolute Gasteiger partial charge is 0.481 e. The highest BCUT2D eigenvalue weighted by molar-refractivity contribution is 7.12. The predicted molar refractivity (Wildman–Crippen MR) is 85.4 cm³/mol. The Morgan fingerprint density at radius 3 is 2.20 bits per heavy atom. The maximum Gasteiger partial charge on any atom is 0.304 e. The molecule has 0 spiro atoms. The topological polar surface area (TPSA) is 40.5 Å². The number of aliphatic carboxylic acids is 1. The van der Waals surface area contributed by atoms with E-state index in [1.807, 2.05) is 11.3 Å². The molecule has 1 rings (SSSR count). The Labute approximate surface area is 126 Å². The van der Waals surface area contributed by atoms with E-state index in [0.29, 0.717) is 6.54 Å². The SMILES string of the molecule is CC(C)(C)c1ccc(CN(CCC(=O)O)C(C)(C)C)s1. The summed E-state index contributed by atoms with van der Waals surface area (Å²) >= 11 is 1.83. The minimum atomic E-state index is -0.735. The van der Waals surface area contributed by atoms with Gasteiger partial charge in [0.05, 0.1) is 6.42 Å². The van der Waals surface area contributed by atoms with Gasteiger partial charge in [-0.1, -0.05) is 20.8 Å². The molecular formula is C16H27NO2S. The molecule has 0 aliphatic carbocycles. The third-order valence-corrected chi connectivity index (χ3v) is 4.79. The Kier molecular flexibility index (Phi) is 5.39. The molecule has 0 aliphatic rings. The van der Waals surface area contributed by atoms with Crippen LogP contribution >= 0.6 is 11.3 Å². The molecule has 1 aromatic rings. The van der Waals surface area contributed by atoms with E-state index in [2.05, 4.69) is 58.6 Å². The van der Waals surface area contributed by atoms with Gasteiger partial charge in [-0.3, -0.25) is 9.69 Å². The number of nitrogens with zero attached hydrogens (tertiary/aromatic N) is 1. The number of hydrogen-bond donors (Lipinski definition) is 1. The molecule has 0 saturated heterocycles. The van der Waals surface area contributed by atoms with Gasteiger partial charge in [-0.25, -0.2) is 0 Å². The number of carbonyl (C=O) groups is 1. The number of thiophene rings is 1. The summed E-state index contributed by atoms with van der Waals surface area (Å²) in [7, 11) is 0. The Morgan fingerprint density at radius 2 is 1.80 bits per heavy atom. The second kappa shape index (κ2) is 6.27. The molecule has 0 aliphatic heterocycles. The summed E-state index contributed by atoms with van der Waals surface area (Å²) in [6, 6.07) is 4.36. The van der Waals surface area contributed by atoms with E-state index in [1.54, 1.807) is 0 Å². The minimum Gasteiger partial charge on any atom is -0.481 e. The van der Waals surface area contributed by atoms with E-state index in [9.17, 15) is 4.79 Å². The fourth-order valence-electron chi connectivity index (χ4n) is 1.94. The smallest absolute Gasteiger partial charge is 0.304 e. The highest BCUT2D eigenvalue weighted by atomic mass is 32.1. The first kappa shape index (κ1) is 17.2. The zero-order chi connectivity index (χ0) is 15.6. The molecule has 0 radical (unpaired) electrons. The molecule has 1 heterocycles. The Morgan fingerprint density at radius 1 is 1.20 bits per heavy atom. The van der Waals surface area contributed by atoms with E-state index in [0.717, 1.165) is 6.54 Å². The second-order valence-electron chi connectivity index (χ2n) is 7.25. The van der Waals surface area contributed by atoms with E-state index in [4.69, 9.17) is 5.11 Å². The molecule has 0 aromatic carbocycles. The van der Waals surface area contributed by atoms with E-state index in [-0.39, 0.29) is 17.4 Å². The van der Waals surface area contributed by atoms with Crippen molar-refractivity contribution in [3.63, 3.8) is 0 Å². The number of carboxylic acids is 1. The first-order chi connectivity index (χ1) is 9.00. The Hall–Kier alpha value is -0.870. The fraction of sp³-hybridized carbons (Fsp3) is 0.688. The normalized spacial score (nSPS) is 12.9. The zero-order valence-corrected chi connectivity index (χ0v) is 14.3. The van der Waals surface area contributed by atoms with Crippen LogP contribution < -0.4 is 0 Å². The summed E-state index contributed by atoms with van der Waals surface area (Å²) in [5.74, 6) is -0.735. The van der Waals surface area contributed by atoms with Crippen LogP contribution in [0.25, 0.3) is 0 Å². The molecule has 3 nitrogen and oxygen atoms in total. The van der Waals surface area contributed by atoms with Crippen molar-refractivity contribution in [2.45, 2.75) is 65.5 Å². The van der Waals surface area contributed by atoms with Crippen LogP contribution in [0.1, 0.15) is 57.7 Å². The summed E-state index contributed by atoms with van der Waals surface area (Å²) < 4.78 is 0. The van der Waals surface area contributed by atoms with Gasteiger partial charge in [0.1, 0.15) is 0 Å². The molecule has 0 amide bonds. The third kappa shape index (κ3) is 5.25. The molecule has 20 heavy (non-hydrogen) atoms. The van der Waals surface area contributed by atoms with Crippen LogP contribution in [0.3, 0.4) is 0 Å². The quantitative estimate of drug-likeness (QED) is 0.888. The summed E-state index contributed by atoms with van der Waals surface area (Å²) in [6.07, 6.45) is 0.189. The number of rotatable bonds is 5. The highest BCUT2D eigenvalue weighted by Crippen LogP contribution is 2.31. The van der Waals surface area contributed by atoms with Crippen molar-refractivity contribution in [3.8, 4) is 0 Å². The lowest BCUT2D eigenvalue weighted by Gasteiger charge is -2.35. The number of carboxylic acid groups (broad SMARTS) is 1. The monoisotopic (exact) mass is 297 g/mol. The molecule has 0 unspecified atom stereocenters. The molecule has 0 saturated carbocycles. The Balaban J connectivity index is 2.79. The lowest BCUT2D eigenvalue weighted by molar-refractivity contribution is -0.137. The molecular weight excluding hydrogens is 270 g/mol. The van der Waals surface area contributed by atoms with Gasteiger partial charge in [-0.2, -0.15) is 0 Å². The maximum absolute atomic E-state index is 10.8. The van der Waals surface area contributed by atoms with Crippen molar-refractivity contribution in [2.24, 2.45) is 0 Å². The van der Waals surface area contributed by atoms with Crippen LogP contribution in [0.5, 0.6) is 0 Å². The molecule has 1 aromatic heterocycles. The van der Waals surface area contributed by atoms with Crippen molar-refractivity contribution in [1.29, 1.82) is 0 Å². The van der Waals surface area contributed by atoms with Crippen molar-refractivity contribution < 1.29 is 9.90 Å². The number of hydrogen-bond acceptors (Lipinski definition) is 3. The summed E-state index contributed by atoms with van der Waals surface area (Å²) in [5.41, 5.74) is 0.151. The van der Waals surface area contributed by atoms with Gasteiger partial charge in [0, 0.05) is 28.4 Å². The summed E-state index contributed by atoms with van der Waals surface area (Å²) in [4.78, 5) is 15.7. The molecule has 1 N–H and O–H groups in total. The summed E-state index contributed by atoms with van der Waals surface area (Å²) in [6.45, 7) is 14.4. The molecule has 0 bridgehead atoms. The zero-order valence-electron chi connectivity index (χ0n) is 13.5. The van der Waals surface area contributed by atoms with Gasteiger partial charge >= 0.3 is 5.97 Å². The fourth-order valence-corrected chi connectivity index (χ4v) is 3.02. The van der Waals surface area contributed by atoms with Gasteiger partial charge in [0.15, 0.2) is 0 Å². The van der Waals surface area contributed by atoms with Gasteiger partial charge < -0.3 is 5.11 Å². The molecule has 114 valence electrons. The van der Waals surface area contributed by atoms with Crippen molar-refractivity contribution >= 4 is 17.3 Å². The minimum absolute atomic E-state index is 0.0265. The van der Waals surface area contributed by atoms with Gasteiger partial charge in [0.2, 0.25) is 0 Å². The van der Waals surface area contributed by atoms with Crippen molar-refractivity contribution in [1.82, 2.24) is 4.90 Å². The van der Waals surface area contributed by atoms with Crippen LogP contribution in [0, 0.1) is 0 Å². The van der Waals surface area contributed by atoms with E-state index >= 15 is 0 Å². The molecule has 0 atom stereocenters. The van der Waals surface area contributed by atoms with Gasteiger partial charge in [-0.15, -0.1) is 11.3 Å². The lowest BCUT2D eigenvalue weighted by atomic mass is 9.95. The second-order valence-corrected chi connectivity index (χ2v) is 8.42. The van der Waals surface area contributed by atoms with Crippen molar-refractivity contribution in [2.75, 3.05) is 6.54 Å². The van der Waals surface area contributed by atoms with Crippen molar-refractivity contribution in [3.05, 3.63) is 21.9 Å². The van der Waals surface area contributed by atoms with Crippen LogP contribution in [0.15, 0.2) is 12.1 Å². The van der Waals surface area contributed by atoms with Gasteiger partial charge in [-0.05, 0) is 38.3 Å². The van der Waals surface area contributed by atoms with Gasteiger partial charge in [0.25, 0.3) is 0 Å². The average Bonchev–Trinajstić information content (AvgIpc) is 2.70. The third-order valence-electron chi connectivity index (χ3n) is 3.29. The molecule has 0 fully saturated rings.